The van der Waals surface area contributed by atoms with Crippen molar-refractivity contribution in [2.45, 2.75) is 53.4 Å². The van der Waals surface area contributed by atoms with Crippen molar-refractivity contribution in [3.8, 4) is 0 Å². The lowest BCUT2D eigenvalue weighted by atomic mass is 10.0. The van der Waals surface area contributed by atoms with E-state index in [1.54, 1.807) is 0 Å². The van der Waals surface area contributed by atoms with E-state index in [2.05, 4.69) is 35.1 Å². The van der Waals surface area contributed by atoms with Crippen LogP contribution in [0.25, 0.3) is 0 Å². The highest BCUT2D eigenvalue weighted by molar-refractivity contribution is 9.10. The molecular weight excluding hydrogens is 392 g/mol. The first kappa shape index (κ1) is 20.4. The SMILES string of the molecule is CCCc1c(C(=O)Nc2c(CC)cccc2CC)c(=O)c(Br)c(C)n1C. The summed E-state index contributed by atoms with van der Waals surface area (Å²) in [6.07, 6.45) is 3.18. The van der Waals surface area contributed by atoms with Crippen molar-refractivity contribution in [1.82, 2.24) is 4.57 Å². The van der Waals surface area contributed by atoms with Crippen LogP contribution in [0.2, 0.25) is 0 Å². The van der Waals surface area contributed by atoms with Crippen LogP contribution in [-0.4, -0.2) is 10.5 Å². The van der Waals surface area contributed by atoms with Gasteiger partial charge in [-0.15, -0.1) is 0 Å². The molecule has 0 saturated carbocycles. The third kappa shape index (κ3) is 3.78. The molecule has 1 aromatic heterocycles. The molecule has 0 radical (unpaired) electrons. The lowest BCUT2D eigenvalue weighted by Crippen LogP contribution is -2.29. The van der Waals surface area contributed by atoms with Crippen molar-refractivity contribution in [2.24, 2.45) is 7.05 Å². The van der Waals surface area contributed by atoms with Gasteiger partial charge in [-0.3, -0.25) is 9.59 Å². The van der Waals surface area contributed by atoms with Crippen LogP contribution in [0.15, 0.2) is 27.5 Å². The molecule has 5 heteroatoms. The molecule has 1 aromatic carbocycles. The number of carbonyl (C=O) groups excluding carboxylic acids is 1. The molecule has 0 atom stereocenters. The molecule has 1 amide bonds. The van der Waals surface area contributed by atoms with Crippen molar-refractivity contribution in [3.63, 3.8) is 0 Å². The number of rotatable bonds is 6. The minimum atomic E-state index is -0.328. The zero-order chi connectivity index (χ0) is 19.4. The van der Waals surface area contributed by atoms with Gasteiger partial charge in [0.2, 0.25) is 5.43 Å². The number of aryl methyl sites for hydroxylation is 2. The molecule has 1 heterocycles. The van der Waals surface area contributed by atoms with E-state index in [-0.39, 0.29) is 16.9 Å². The summed E-state index contributed by atoms with van der Waals surface area (Å²) in [4.78, 5) is 26.0. The van der Waals surface area contributed by atoms with Gasteiger partial charge in [0.05, 0.1) is 4.47 Å². The average Bonchev–Trinajstić information content (AvgIpc) is 2.64. The monoisotopic (exact) mass is 418 g/mol. The second-order valence-electron chi connectivity index (χ2n) is 6.47. The molecule has 0 aliphatic rings. The molecule has 26 heavy (non-hydrogen) atoms. The number of nitrogens with zero attached hydrogens (tertiary/aromatic N) is 1. The number of halogens is 1. The molecule has 0 spiro atoms. The van der Waals surface area contributed by atoms with Crippen LogP contribution in [0.3, 0.4) is 0 Å². The van der Waals surface area contributed by atoms with Crippen LogP contribution in [0.5, 0.6) is 0 Å². The third-order valence-corrected chi connectivity index (χ3v) is 5.83. The second-order valence-corrected chi connectivity index (χ2v) is 7.26. The zero-order valence-electron chi connectivity index (χ0n) is 16.2. The van der Waals surface area contributed by atoms with E-state index in [9.17, 15) is 9.59 Å². The maximum absolute atomic E-state index is 13.1. The van der Waals surface area contributed by atoms with Crippen LogP contribution in [0.4, 0.5) is 5.69 Å². The number of anilines is 1. The molecule has 4 nitrogen and oxygen atoms in total. The summed E-state index contributed by atoms with van der Waals surface area (Å²) in [6, 6.07) is 6.05. The summed E-state index contributed by atoms with van der Waals surface area (Å²) in [5.41, 5.74) is 4.61. The Bertz CT molecular complexity index is 862. The van der Waals surface area contributed by atoms with Crippen molar-refractivity contribution >= 4 is 27.5 Å². The number of hydrogen-bond acceptors (Lipinski definition) is 2. The number of hydrogen-bond donors (Lipinski definition) is 1. The van der Waals surface area contributed by atoms with E-state index in [0.717, 1.165) is 47.5 Å². The van der Waals surface area contributed by atoms with Crippen LogP contribution in [0, 0.1) is 6.92 Å². The predicted molar refractivity (Wildman–Crippen MR) is 111 cm³/mol. The Morgan fingerprint density at radius 1 is 1.15 bits per heavy atom. The Morgan fingerprint density at radius 3 is 2.23 bits per heavy atom. The van der Waals surface area contributed by atoms with E-state index in [4.69, 9.17) is 0 Å². The van der Waals surface area contributed by atoms with Gasteiger partial charge >= 0.3 is 0 Å². The van der Waals surface area contributed by atoms with E-state index < -0.39 is 0 Å². The lowest BCUT2D eigenvalue weighted by Gasteiger charge is -2.19. The molecular formula is C21H27BrN2O2. The smallest absolute Gasteiger partial charge is 0.261 e. The van der Waals surface area contributed by atoms with Crippen molar-refractivity contribution in [3.05, 3.63) is 61.0 Å². The number of carbonyl (C=O) groups is 1. The average molecular weight is 419 g/mol. The van der Waals surface area contributed by atoms with Crippen LogP contribution < -0.4 is 10.7 Å². The highest BCUT2D eigenvalue weighted by atomic mass is 79.9. The molecule has 0 fully saturated rings. The fourth-order valence-electron chi connectivity index (χ4n) is 3.27. The van der Waals surface area contributed by atoms with Crippen molar-refractivity contribution < 1.29 is 4.79 Å². The summed E-state index contributed by atoms with van der Waals surface area (Å²) in [5, 5.41) is 3.04. The second kappa shape index (κ2) is 8.67. The highest BCUT2D eigenvalue weighted by Crippen LogP contribution is 2.24. The molecule has 0 saturated heterocycles. The fourth-order valence-corrected chi connectivity index (χ4v) is 3.73. The Balaban J connectivity index is 2.60. The van der Waals surface area contributed by atoms with Crippen LogP contribution >= 0.6 is 15.9 Å². The van der Waals surface area contributed by atoms with Gasteiger partial charge in [0, 0.05) is 24.1 Å². The van der Waals surface area contributed by atoms with Crippen molar-refractivity contribution in [2.75, 3.05) is 5.32 Å². The molecule has 1 N–H and O–H groups in total. The summed E-state index contributed by atoms with van der Waals surface area (Å²) >= 11 is 3.36. The summed E-state index contributed by atoms with van der Waals surface area (Å²) in [7, 11) is 1.90. The minimum absolute atomic E-state index is 0.236. The molecule has 140 valence electrons. The first-order chi connectivity index (χ1) is 12.4. The van der Waals surface area contributed by atoms with Crippen LogP contribution in [0.1, 0.15) is 60.1 Å². The number of pyridine rings is 1. The highest BCUT2D eigenvalue weighted by Gasteiger charge is 2.23. The first-order valence-electron chi connectivity index (χ1n) is 9.17. The van der Waals surface area contributed by atoms with Gasteiger partial charge < -0.3 is 9.88 Å². The van der Waals surface area contributed by atoms with Gasteiger partial charge in [0.15, 0.2) is 0 Å². The van der Waals surface area contributed by atoms with E-state index in [1.807, 2.05) is 43.7 Å². The van der Waals surface area contributed by atoms with Gasteiger partial charge in [-0.25, -0.2) is 0 Å². The largest absolute Gasteiger partial charge is 0.350 e. The first-order valence-corrected chi connectivity index (χ1v) is 9.96. The molecule has 0 aliphatic heterocycles. The lowest BCUT2D eigenvalue weighted by molar-refractivity contribution is 0.102. The molecule has 2 aromatic rings. The molecule has 0 bridgehead atoms. The maximum Gasteiger partial charge on any atom is 0.261 e. The number of para-hydroxylation sites is 1. The van der Waals surface area contributed by atoms with E-state index in [0.29, 0.717) is 10.9 Å². The third-order valence-electron chi connectivity index (χ3n) is 4.89. The van der Waals surface area contributed by atoms with Crippen molar-refractivity contribution in [1.29, 1.82) is 0 Å². The normalized spacial score (nSPS) is 10.8. The number of amides is 1. The summed E-state index contributed by atoms with van der Waals surface area (Å²) in [6.45, 7) is 8.06. The van der Waals surface area contributed by atoms with E-state index >= 15 is 0 Å². The zero-order valence-corrected chi connectivity index (χ0v) is 17.8. The standard InChI is InChI=1S/C21H27BrN2O2/c1-6-10-16-17(20(25)18(22)13(4)24(16)5)21(26)23-19-14(7-2)11-9-12-15(19)8-3/h9,11-12H,6-8,10H2,1-5H3,(H,23,26). The summed E-state index contributed by atoms with van der Waals surface area (Å²) in [5.74, 6) is -0.328. The minimum Gasteiger partial charge on any atom is -0.350 e. The van der Waals surface area contributed by atoms with Gasteiger partial charge in [-0.05, 0) is 53.2 Å². The number of benzene rings is 1. The molecule has 0 unspecified atom stereocenters. The molecule has 0 aliphatic carbocycles. The quantitative estimate of drug-likeness (QED) is 0.732. The Kier molecular flexibility index (Phi) is 6.81. The van der Waals surface area contributed by atoms with Gasteiger partial charge in [-0.2, -0.15) is 0 Å². The Morgan fingerprint density at radius 2 is 1.73 bits per heavy atom. The Labute approximate surface area is 163 Å². The van der Waals surface area contributed by atoms with E-state index in [1.165, 1.54) is 0 Å². The number of aromatic nitrogens is 1. The predicted octanol–water partition coefficient (Wildman–Crippen LogP) is 4.79. The topological polar surface area (TPSA) is 51.1 Å². The fraction of sp³-hybridized carbons (Fsp3) is 0.429. The van der Waals surface area contributed by atoms with Gasteiger partial charge in [-0.1, -0.05) is 45.4 Å². The Hall–Kier alpha value is -1.88. The van der Waals surface area contributed by atoms with Gasteiger partial charge in [0.1, 0.15) is 5.56 Å². The summed E-state index contributed by atoms with van der Waals surface area (Å²) < 4.78 is 2.39. The number of nitrogens with one attached hydrogen (secondary N) is 1. The van der Waals surface area contributed by atoms with Crippen LogP contribution in [-0.2, 0) is 26.3 Å². The van der Waals surface area contributed by atoms with Gasteiger partial charge in [0.25, 0.3) is 5.91 Å². The molecule has 2 rings (SSSR count). The maximum atomic E-state index is 13.1.